The van der Waals surface area contributed by atoms with Gasteiger partial charge in [0.25, 0.3) is 0 Å². The van der Waals surface area contributed by atoms with Crippen molar-refractivity contribution in [2.75, 3.05) is 12.4 Å². The number of carbonyl (C=O) groups is 3. The van der Waals surface area contributed by atoms with Crippen LogP contribution in [-0.4, -0.2) is 34.5 Å². The van der Waals surface area contributed by atoms with Crippen LogP contribution in [0.1, 0.15) is 13.8 Å². The summed E-state index contributed by atoms with van der Waals surface area (Å²) in [5.41, 5.74) is 0. The molecule has 0 fully saturated rings. The van der Waals surface area contributed by atoms with Gasteiger partial charge in [-0.15, -0.1) is 0 Å². The van der Waals surface area contributed by atoms with E-state index < -0.39 is 17.9 Å². The number of esters is 1. The molecule has 0 spiro atoms. The minimum Gasteiger partial charge on any atom is -0.481 e. The topological polar surface area (TPSA) is 80.7 Å². The fourth-order valence-electron chi connectivity index (χ4n) is 0.627. The predicted octanol–water partition coefficient (Wildman–Crippen LogP) is 0.530. The lowest BCUT2D eigenvalue weighted by Crippen LogP contribution is -2.23. The quantitative estimate of drug-likeness (QED) is 0.681. The molecule has 0 aromatic heterocycles. The molecule has 0 saturated carbocycles. The Labute approximate surface area is 85.8 Å². The van der Waals surface area contributed by atoms with E-state index in [1.807, 2.05) is 0 Å². The maximum absolute atomic E-state index is 10.6. The Bertz CT molecular complexity index is 220. The number of carboxylic acids is 1. The minimum absolute atomic E-state index is 0.123. The van der Waals surface area contributed by atoms with E-state index in [-0.39, 0.29) is 17.5 Å². The highest BCUT2D eigenvalue weighted by molar-refractivity contribution is 8.13. The Kier molecular flexibility index (Phi) is 5.94. The van der Waals surface area contributed by atoms with E-state index in [1.165, 1.54) is 13.8 Å². The summed E-state index contributed by atoms with van der Waals surface area (Å²) in [6.45, 7) is 2.37. The highest BCUT2D eigenvalue weighted by Gasteiger charge is 2.19. The summed E-state index contributed by atoms with van der Waals surface area (Å²) in [6, 6.07) is 0. The Morgan fingerprint density at radius 3 is 2.29 bits per heavy atom. The second-order valence-corrected chi connectivity index (χ2v) is 3.84. The first kappa shape index (κ1) is 13.0. The molecule has 5 nitrogen and oxygen atoms in total. The fraction of sp³-hybridized carbons (Fsp3) is 0.625. The normalized spacial score (nSPS) is 11.9. The van der Waals surface area contributed by atoms with Gasteiger partial charge in [0, 0.05) is 19.6 Å². The Morgan fingerprint density at radius 1 is 1.36 bits per heavy atom. The molecule has 1 unspecified atom stereocenters. The van der Waals surface area contributed by atoms with E-state index in [2.05, 4.69) is 4.74 Å². The van der Waals surface area contributed by atoms with Gasteiger partial charge in [-0.2, -0.15) is 0 Å². The molecule has 1 atom stereocenters. The fourth-order valence-corrected chi connectivity index (χ4v) is 1.30. The monoisotopic (exact) mass is 220 g/mol. The van der Waals surface area contributed by atoms with Crippen molar-refractivity contribution < 1.29 is 24.2 Å². The number of carbonyl (C=O) groups excluding carboxylic acids is 2. The summed E-state index contributed by atoms with van der Waals surface area (Å²) in [6.07, 6.45) is 0. The molecule has 1 N–H and O–H groups in total. The summed E-state index contributed by atoms with van der Waals surface area (Å²) >= 11 is 0.908. The molecular formula is C8H12O5S. The van der Waals surface area contributed by atoms with Crippen molar-refractivity contribution in [1.29, 1.82) is 0 Å². The average Bonchev–Trinajstić information content (AvgIpc) is 2.02. The Balaban J connectivity index is 3.96. The van der Waals surface area contributed by atoms with Gasteiger partial charge in [-0.05, 0) is 0 Å². The third-order valence-corrected chi connectivity index (χ3v) is 2.30. The lowest BCUT2D eigenvalue weighted by Gasteiger charge is -2.10. The smallest absolute Gasteiger partial charge is 0.310 e. The van der Waals surface area contributed by atoms with Gasteiger partial charge in [0.15, 0.2) is 5.12 Å². The maximum atomic E-state index is 10.6. The van der Waals surface area contributed by atoms with Crippen molar-refractivity contribution in [3.63, 3.8) is 0 Å². The molecular weight excluding hydrogens is 208 g/mol. The van der Waals surface area contributed by atoms with E-state index in [0.717, 1.165) is 11.8 Å². The molecule has 0 aromatic rings. The zero-order chi connectivity index (χ0) is 11.1. The van der Waals surface area contributed by atoms with Crippen LogP contribution in [0.15, 0.2) is 0 Å². The number of aliphatic carboxylic acids is 1. The van der Waals surface area contributed by atoms with Crippen molar-refractivity contribution in [2.45, 2.75) is 13.8 Å². The van der Waals surface area contributed by atoms with Gasteiger partial charge in [0.1, 0.15) is 12.5 Å². The highest BCUT2D eigenvalue weighted by atomic mass is 32.2. The van der Waals surface area contributed by atoms with E-state index in [9.17, 15) is 14.4 Å². The third kappa shape index (κ3) is 6.47. The molecule has 0 saturated heterocycles. The molecule has 0 aromatic carbocycles. The van der Waals surface area contributed by atoms with Gasteiger partial charge in [-0.3, -0.25) is 14.4 Å². The number of rotatable bonds is 5. The summed E-state index contributed by atoms with van der Waals surface area (Å²) in [5.74, 6) is -2.30. The molecule has 0 radical (unpaired) electrons. The number of hydrogen-bond donors (Lipinski definition) is 1. The van der Waals surface area contributed by atoms with Crippen LogP contribution in [0.3, 0.4) is 0 Å². The number of carboxylic acid groups (broad SMARTS) is 1. The van der Waals surface area contributed by atoms with Crippen LogP contribution in [0.4, 0.5) is 0 Å². The summed E-state index contributed by atoms with van der Waals surface area (Å²) in [4.78, 5) is 31.6. The molecule has 0 amide bonds. The molecule has 6 heteroatoms. The lowest BCUT2D eigenvalue weighted by molar-refractivity contribution is -0.148. The van der Waals surface area contributed by atoms with Gasteiger partial charge in [0.05, 0.1) is 0 Å². The standard InChI is InChI=1S/C8H12O5S/c1-5(9)13-3-7(8(11)12)4-14-6(2)10/h7H,3-4H2,1-2H3,(H,11,12). The van der Waals surface area contributed by atoms with Crippen molar-refractivity contribution in [3.8, 4) is 0 Å². The highest BCUT2D eigenvalue weighted by Crippen LogP contribution is 2.10. The van der Waals surface area contributed by atoms with Crippen molar-refractivity contribution in [3.05, 3.63) is 0 Å². The van der Waals surface area contributed by atoms with Crippen LogP contribution in [0.25, 0.3) is 0 Å². The van der Waals surface area contributed by atoms with E-state index in [0.29, 0.717) is 0 Å². The zero-order valence-electron chi connectivity index (χ0n) is 7.98. The SMILES string of the molecule is CC(=O)OCC(CSC(C)=O)C(=O)O. The molecule has 0 aliphatic heterocycles. The summed E-state index contributed by atoms with van der Waals surface area (Å²) in [5, 5.41) is 8.53. The van der Waals surface area contributed by atoms with Crippen LogP contribution in [0.5, 0.6) is 0 Å². The van der Waals surface area contributed by atoms with E-state index in [1.54, 1.807) is 0 Å². The molecule has 0 bridgehead atoms. The number of thioether (sulfide) groups is 1. The molecule has 14 heavy (non-hydrogen) atoms. The first-order chi connectivity index (χ1) is 6.43. The Hall–Kier alpha value is -1.04. The van der Waals surface area contributed by atoms with Gasteiger partial charge < -0.3 is 9.84 Å². The largest absolute Gasteiger partial charge is 0.481 e. The molecule has 80 valence electrons. The van der Waals surface area contributed by atoms with Gasteiger partial charge in [0.2, 0.25) is 0 Å². The lowest BCUT2D eigenvalue weighted by atomic mass is 10.2. The van der Waals surface area contributed by atoms with Crippen LogP contribution >= 0.6 is 11.8 Å². The van der Waals surface area contributed by atoms with Gasteiger partial charge in [-0.1, -0.05) is 11.8 Å². The van der Waals surface area contributed by atoms with Crippen LogP contribution in [0.2, 0.25) is 0 Å². The summed E-state index contributed by atoms with van der Waals surface area (Å²) in [7, 11) is 0. The van der Waals surface area contributed by atoms with Crippen LogP contribution in [-0.2, 0) is 19.1 Å². The average molecular weight is 220 g/mol. The van der Waals surface area contributed by atoms with E-state index >= 15 is 0 Å². The minimum atomic E-state index is -1.07. The van der Waals surface area contributed by atoms with Crippen LogP contribution < -0.4 is 0 Å². The maximum Gasteiger partial charge on any atom is 0.310 e. The first-order valence-electron chi connectivity index (χ1n) is 3.93. The number of hydrogen-bond acceptors (Lipinski definition) is 5. The first-order valence-corrected chi connectivity index (χ1v) is 4.91. The molecule has 0 rings (SSSR count). The predicted molar refractivity (Wildman–Crippen MR) is 50.9 cm³/mol. The van der Waals surface area contributed by atoms with Crippen molar-refractivity contribution in [1.82, 2.24) is 0 Å². The van der Waals surface area contributed by atoms with Crippen molar-refractivity contribution in [2.24, 2.45) is 5.92 Å². The molecule has 0 aliphatic carbocycles. The van der Waals surface area contributed by atoms with Gasteiger partial charge >= 0.3 is 11.9 Å². The third-order valence-electron chi connectivity index (χ3n) is 1.32. The van der Waals surface area contributed by atoms with Crippen LogP contribution in [0, 0.1) is 5.92 Å². The Morgan fingerprint density at radius 2 is 1.93 bits per heavy atom. The second kappa shape index (κ2) is 6.42. The molecule has 0 aliphatic rings. The summed E-state index contributed by atoms with van der Waals surface area (Å²) < 4.78 is 4.55. The van der Waals surface area contributed by atoms with E-state index in [4.69, 9.17) is 5.11 Å². The second-order valence-electron chi connectivity index (χ2n) is 2.64. The molecule has 0 heterocycles. The van der Waals surface area contributed by atoms with Crippen molar-refractivity contribution >= 4 is 28.8 Å². The zero-order valence-corrected chi connectivity index (χ0v) is 8.80. The number of ether oxygens (including phenoxy) is 1. The van der Waals surface area contributed by atoms with Gasteiger partial charge in [-0.25, -0.2) is 0 Å².